The van der Waals surface area contributed by atoms with Crippen LogP contribution in [0.1, 0.15) is 39.2 Å². The number of aliphatic hydroxyl groups excluding tert-OH is 1. The van der Waals surface area contributed by atoms with Gasteiger partial charge in [0, 0.05) is 35.3 Å². The maximum Gasteiger partial charge on any atom is 0.246 e. The summed E-state index contributed by atoms with van der Waals surface area (Å²) in [4.78, 5) is 0.210. The van der Waals surface area contributed by atoms with Crippen LogP contribution in [0.3, 0.4) is 0 Å². The lowest BCUT2D eigenvalue weighted by Gasteiger charge is -2.24. The molecule has 1 rings (SSSR count). The number of sulfonamides is 1. The maximum atomic E-state index is 13.4. The van der Waals surface area contributed by atoms with Crippen molar-refractivity contribution >= 4 is 26.2 Å². The molecule has 7 nitrogen and oxygen atoms in total. The summed E-state index contributed by atoms with van der Waals surface area (Å²) in [6.07, 6.45) is 1.39. The standard InChI is InChI=1S/C28H55NO6SSi2/c1-24(2)10-15-28(30)25(3)20-35-21-26-11-13-27(14-12-26)36(31,32)29(22-33-16-18-37(4,5)6)23-34-17-19-38(7,8)9/h11-14,24-25,28,30H,10,15-23H2,1-9H3/t25-,28-/m0/s1. The highest BCUT2D eigenvalue weighted by Gasteiger charge is 2.26. The van der Waals surface area contributed by atoms with Gasteiger partial charge in [0.05, 0.1) is 24.2 Å². The van der Waals surface area contributed by atoms with Gasteiger partial charge in [-0.25, -0.2) is 8.42 Å². The molecule has 0 amide bonds. The SMILES string of the molecule is CC(C)CC[C@H](O)[C@@H](C)COCc1ccc(S(=O)(=O)N(COCC[Si](C)(C)C)COCC[Si](C)(C)C)cc1. The number of nitrogens with zero attached hydrogens (tertiary/aromatic N) is 1. The topological polar surface area (TPSA) is 85.3 Å². The van der Waals surface area contributed by atoms with Gasteiger partial charge in [0.1, 0.15) is 13.5 Å². The maximum absolute atomic E-state index is 13.4. The number of rotatable bonds is 20. The molecule has 0 aliphatic heterocycles. The summed E-state index contributed by atoms with van der Waals surface area (Å²) < 4.78 is 45.6. The predicted octanol–water partition coefficient (Wildman–Crippen LogP) is 6.25. The lowest BCUT2D eigenvalue weighted by atomic mass is 9.97. The molecule has 0 saturated heterocycles. The van der Waals surface area contributed by atoms with Gasteiger partial charge in [-0.2, -0.15) is 0 Å². The van der Waals surface area contributed by atoms with Gasteiger partial charge in [-0.1, -0.05) is 72.2 Å². The molecule has 2 atom stereocenters. The Kier molecular flexibility index (Phi) is 15.5. The van der Waals surface area contributed by atoms with Crippen molar-refractivity contribution in [2.75, 3.05) is 33.3 Å². The van der Waals surface area contributed by atoms with Gasteiger partial charge in [-0.05, 0) is 48.5 Å². The molecule has 0 spiro atoms. The second-order valence-corrected chi connectivity index (χ2v) is 26.5. The highest BCUT2D eigenvalue weighted by molar-refractivity contribution is 7.89. The first-order chi connectivity index (χ1) is 17.5. The molecule has 0 saturated carbocycles. The molecule has 222 valence electrons. The normalized spacial score (nSPS) is 14.8. The van der Waals surface area contributed by atoms with Crippen LogP contribution < -0.4 is 0 Å². The molecule has 1 aromatic rings. The van der Waals surface area contributed by atoms with Crippen LogP contribution in [-0.4, -0.2) is 73.4 Å². The molecule has 10 heteroatoms. The van der Waals surface area contributed by atoms with E-state index in [2.05, 4.69) is 53.1 Å². The zero-order valence-corrected chi connectivity index (χ0v) is 28.3. The third-order valence-electron chi connectivity index (χ3n) is 6.37. The zero-order valence-electron chi connectivity index (χ0n) is 25.5. The third-order valence-corrected chi connectivity index (χ3v) is 11.5. The lowest BCUT2D eigenvalue weighted by Crippen LogP contribution is -2.36. The summed E-state index contributed by atoms with van der Waals surface area (Å²) in [5.74, 6) is 0.612. The highest BCUT2D eigenvalue weighted by Crippen LogP contribution is 2.19. The third kappa shape index (κ3) is 15.3. The van der Waals surface area contributed by atoms with Gasteiger partial charge < -0.3 is 19.3 Å². The average Bonchev–Trinajstić information content (AvgIpc) is 2.80. The van der Waals surface area contributed by atoms with Gasteiger partial charge in [-0.15, -0.1) is 4.31 Å². The van der Waals surface area contributed by atoms with Crippen molar-refractivity contribution in [3.05, 3.63) is 29.8 Å². The van der Waals surface area contributed by atoms with E-state index in [-0.39, 0.29) is 30.4 Å². The first-order valence-electron chi connectivity index (χ1n) is 14.0. The monoisotopic (exact) mass is 589 g/mol. The van der Waals surface area contributed by atoms with E-state index in [9.17, 15) is 13.5 Å². The predicted molar refractivity (Wildman–Crippen MR) is 162 cm³/mol. The first kappa shape index (κ1) is 35.4. The number of ether oxygens (including phenoxy) is 3. The van der Waals surface area contributed by atoms with E-state index in [1.54, 1.807) is 24.3 Å². The molecule has 0 aromatic heterocycles. The van der Waals surface area contributed by atoms with Crippen LogP contribution in [0.4, 0.5) is 0 Å². The van der Waals surface area contributed by atoms with E-state index in [1.807, 2.05) is 6.92 Å². The summed E-state index contributed by atoms with van der Waals surface area (Å²) in [5, 5.41) is 10.3. The van der Waals surface area contributed by atoms with Crippen molar-refractivity contribution in [2.24, 2.45) is 11.8 Å². The Labute approximate surface area is 235 Å². The van der Waals surface area contributed by atoms with Gasteiger partial charge in [-0.3, -0.25) is 0 Å². The second kappa shape index (κ2) is 16.6. The van der Waals surface area contributed by atoms with E-state index in [0.29, 0.717) is 32.3 Å². The van der Waals surface area contributed by atoms with E-state index in [1.165, 1.54) is 4.31 Å². The molecular formula is C28H55NO6SSi2. The molecule has 0 heterocycles. The first-order valence-corrected chi connectivity index (χ1v) is 22.9. The quantitative estimate of drug-likeness (QED) is 0.110. The molecular weight excluding hydrogens is 535 g/mol. The summed E-state index contributed by atoms with van der Waals surface area (Å²) in [6, 6.07) is 8.74. The Hall–Kier alpha value is -0.596. The Morgan fingerprint density at radius 2 is 1.32 bits per heavy atom. The van der Waals surface area contributed by atoms with Gasteiger partial charge in [0.25, 0.3) is 0 Å². The minimum absolute atomic E-state index is 0.0261. The van der Waals surface area contributed by atoms with E-state index < -0.39 is 26.2 Å². The lowest BCUT2D eigenvalue weighted by molar-refractivity contribution is 0.00814. The molecule has 1 N–H and O–H groups in total. The van der Waals surface area contributed by atoms with Crippen molar-refractivity contribution in [1.82, 2.24) is 4.31 Å². The molecule has 0 bridgehead atoms. The molecule has 38 heavy (non-hydrogen) atoms. The van der Waals surface area contributed by atoms with Crippen LogP contribution in [0.25, 0.3) is 0 Å². The molecule has 0 radical (unpaired) electrons. The van der Waals surface area contributed by atoms with Crippen molar-refractivity contribution in [3.8, 4) is 0 Å². The number of hydrogen-bond acceptors (Lipinski definition) is 6. The Morgan fingerprint density at radius 3 is 1.76 bits per heavy atom. The van der Waals surface area contributed by atoms with Crippen LogP contribution in [0.15, 0.2) is 29.2 Å². The van der Waals surface area contributed by atoms with Crippen molar-refractivity contribution in [3.63, 3.8) is 0 Å². The Balaban J connectivity index is 2.75. The van der Waals surface area contributed by atoms with Crippen LogP contribution in [-0.2, 0) is 30.8 Å². The van der Waals surface area contributed by atoms with Crippen LogP contribution >= 0.6 is 0 Å². The van der Waals surface area contributed by atoms with Crippen LogP contribution in [0.5, 0.6) is 0 Å². The highest BCUT2D eigenvalue weighted by atomic mass is 32.2. The molecule has 0 aliphatic carbocycles. The van der Waals surface area contributed by atoms with Gasteiger partial charge in [0.15, 0.2) is 0 Å². The fourth-order valence-corrected chi connectivity index (χ4v) is 6.15. The van der Waals surface area contributed by atoms with Crippen molar-refractivity contribution < 1.29 is 27.7 Å². The molecule has 1 aromatic carbocycles. The van der Waals surface area contributed by atoms with Gasteiger partial charge >= 0.3 is 0 Å². The number of aliphatic hydroxyl groups is 1. The Morgan fingerprint density at radius 1 is 0.816 bits per heavy atom. The molecule has 0 fully saturated rings. The second-order valence-electron chi connectivity index (χ2n) is 13.3. The largest absolute Gasteiger partial charge is 0.393 e. The molecule has 0 unspecified atom stereocenters. The smallest absolute Gasteiger partial charge is 0.246 e. The van der Waals surface area contributed by atoms with E-state index in [4.69, 9.17) is 14.2 Å². The minimum atomic E-state index is -3.78. The fraction of sp³-hybridized carbons (Fsp3) is 0.786. The summed E-state index contributed by atoms with van der Waals surface area (Å²) in [7, 11) is -6.33. The summed E-state index contributed by atoms with van der Waals surface area (Å²) in [6.45, 7) is 21.8. The molecule has 0 aliphatic rings. The Bertz CT molecular complexity index is 860. The minimum Gasteiger partial charge on any atom is -0.393 e. The van der Waals surface area contributed by atoms with E-state index >= 15 is 0 Å². The fourth-order valence-electron chi connectivity index (χ4n) is 3.43. The average molecular weight is 590 g/mol. The van der Waals surface area contributed by atoms with Crippen LogP contribution in [0.2, 0.25) is 51.4 Å². The van der Waals surface area contributed by atoms with Crippen LogP contribution in [0, 0.1) is 11.8 Å². The van der Waals surface area contributed by atoms with Crippen molar-refractivity contribution in [2.45, 2.75) is 103 Å². The van der Waals surface area contributed by atoms with E-state index in [0.717, 1.165) is 30.5 Å². The zero-order chi connectivity index (χ0) is 29.0. The van der Waals surface area contributed by atoms with Crippen molar-refractivity contribution in [1.29, 1.82) is 0 Å². The van der Waals surface area contributed by atoms with Gasteiger partial charge in [0.2, 0.25) is 10.0 Å². The summed E-state index contributed by atoms with van der Waals surface area (Å²) >= 11 is 0. The summed E-state index contributed by atoms with van der Waals surface area (Å²) in [5.41, 5.74) is 0.886. The number of benzene rings is 1. The number of hydrogen-bond donors (Lipinski definition) is 1.